The van der Waals surface area contributed by atoms with Gasteiger partial charge < -0.3 is 9.47 Å². The van der Waals surface area contributed by atoms with E-state index in [1.165, 1.54) is 15.8 Å². The Morgan fingerprint density at radius 1 is 1.45 bits per heavy atom. The van der Waals surface area contributed by atoms with Crippen LogP contribution < -0.4 is 0 Å². The third-order valence-corrected chi connectivity index (χ3v) is 4.77. The molecular weight excluding hydrogens is 298 g/mol. The van der Waals surface area contributed by atoms with Gasteiger partial charge in [0.15, 0.2) is 11.4 Å². The first kappa shape index (κ1) is 14.3. The Hall–Kier alpha value is -2.64. The Kier molecular flexibility index (Phi) is 3.90. The molecule has 6 nitrogen and oxygen atoms in total. The molecular formula is C15H13N5OS. The third kappa shape index (κ3) is 2.47. The van der Waals surface area contributed by atoms with Crippen molar-refractivity contribution in [2.75, 3.05) is 6.54 Å². The summed E-state index contributed by atoms with van der Waals surface area (Å²) in [6.45, 7) is 0.766. The van der Waals surface area contributed by atoms with Crippen LogP contribution in [0.4, 0.5) is 0 Å². The van der Waals surface area contributed by atoms with Gasteiger partial charge in [-0.25, -0.2) is 4.98 Å². The van der Waals surface area contributed by atoms with E-state index in [2.05, 4.69) is 4.98 Å². The van der Waals surface area contributed by atoms with Gasteiger partial charge in [-0.1, -0.05) is 6.07 Å². The molecule has 3 heterocycles. The van der Waals surface area contributed by atoms with E-state index in [0.29, 0.717) is 0 Å². The lowest BCUT2D eigenvalue weighted by atomic mass is 10.2. The van der Waals surface area contributed by atoms with Crippen molar-refractivity contribution < 1.29 is 4.79 Å². The summed E-state index contributed by atoms with van der Waals surface area (Å²) in [4.78, 5) is 19.5. The molecule has 0 aliphatic carbocycles. The molecule has 2 aromatic rings. The van der Waals surface area contributed by atoms with E-state index >= 15 is 0 Å². The van der Waals surface area contributed by atoms with Crippen LogP contribution in [0.25, 0.3) is 0 Å². The summed E-state index contributed by atoms with van der Waals surface area (Å²) in [6.07, 6.45) is 3.32. The minimum atomic E-state index is -0.0470. The van der Waals surface area contributed by atoms with Crippen molar-refractivity contribution in [3.8, 4) is 12.1 Å². The van der Waals surface area contributed by atoms with Gasteiger partial charge in [-0.05, 0) is 24.3 Å². The van der Waals surface area contributed by atoms with Crippen molar-refractivity contribution in [2.45, 2.75) is 25.4 Å². The maximum atomic E-state index is 12.6. The van der Waals surface area contributed by atoms with Crippen molar-refractivity contribution in [3.63, 3.8) is 0 Å². The van der Waals surface area contributed by atoms with Crippen LogP contribution in [-0.4, -0.2) is 26.9 Å². The molecule has 0 unspecified atom stereocenters. The number of carbonyl (C=O) groups is 1. The quantitative estimate of drug-likeness (QED) is 0.868. The highest BCUT2D eigenvalue weighted by Gasteiger charge is 2.30. The van der Waals surface area contributed by atoms with Gasteiger partial charge in [-0.3, -0.25) is 4.79 Å². The number of hydrogen-bond donors (Lipinski definition) is 0. The average Bonchev–Trinajstić information content (AvgIpc) is 3.26. The molecule has 1 aliphatic rings. The van der Waals surface area contributed by atoms with Crippen molar-refractivity contribution in [1.82, 2.24) is 14.5 Å². The average molecular weight is 311 g/mol. The van der Waals surface area contributed by atoms with Gasteiger partial charge in [-0.2, -0.15) is 10.5 Å². The number of thiophene rings is 1. The summed E-state index contributed by atoms with van der Waals surface area (Å²) in [7, 11) is 0. The van der Waals surface area contributed by atoms with Crippen LogP contribution in [0, 0.1) is 22.7 Å². The van der Waals surface area contributed by atoms with Crippen molar-refractivity contribution in [2.24, 2.45) is 0 Å². The van der Waals surface area contributed by atoms with E-state index in [1.807, 2.05) is 34.6 Å². The number of aromatic nitrogens is 2. The Labute approximate surface area is 131 Å². The second kappa shape index (κ2) is 6.00. The van der Waals surface area contributed by atoms with E-state index in [-0.39, 0.29) is 29.9 Å². The van der Waals surface area contributed by atoms with Gasteiger partial charge in [0.1, 0.15) is 18.7 Å². The zero-order valence-corrected chi connectivity index (χ0v) is 12.6. The first-order chi connectivity index (χ1) is 10.7. The smallest absolute Gasteiger partial charge is 0.243 e. The number of imidazole rings is 1. The fraction of sp³-hybridized carbons (Fsp3) is 0.333. The predicted octanol–water partition coefficient (Wildman–Crippen LogP) is 2.05. The molecule has 0 bridgehead atoms. The van der Waals surface area contributed by atoms with Crippen LogP contribution in [0.5, 0.6) is 0 Å². The molecule has 1 fully saturated rings. The molecule has 0 aromatic carbocycles. The number of carbonyl (C=O) groups excluding carboxylic acids is 1. The minimum Gasteiger partial charge on any atom is -0.333 e. The summed E-state index contributed by atoms with van der Waals surface area (Å²) in [5, 5.41) is 20.0. The number of likely N-dealkylation sites (tertiary alicyclic amines) is 1. The van der Waals surface area contributed by atoms with Crippen molar-refractivity contribution in [3.05, 3.63) is 40.1 Å². The van der Waals surface area contributed by atoms with Gasteiger partial charge in [-0.15, -0.1) is 11.3 Å². The molecule has 1 saturated heterocycles. The molecule has 0 spiro atoms. The van der Waals surface area contributed by atoms with Crippen LogP contribution in [0.2, 0.25) is 0 Å². The zero-order chi connectivity index (χ0) is 15.5. The maximum absolute atomic E-state index is 12.6. The maximum Gasteiger partial charge on any atom is 0.243 e. The highest BCUT2D eigenvalue weighted by Crippen LogP contribution is 2.34. The largest absolute Gasteiger partial charge is 0.333 e. The highest BCUT2D eigenvalue weighted by atomic mass is 32.1. The van der Waals surface area contributed by atoms with Gasteiger partial charge in [0.25, 0.3) is 0 Å². The summed E-state index contributed by atoms with van der Waals surface area (Å²) >= 11 is 1.65. The van der Waals surface area contributed by atoms with Crippen molar-refractivity contribution >= 4 is 17.2 Å². The van der Waals surface area contributed by atoms with Gasteiger partial charge in [0, 0.05) is 11.4 Å². The number of nitrogens with zero attached hydrogens (tertiary/aromatic N) is 5. The topological polar surface area (TPSA) is 85.7 Å². The monoisotopic (exact) mass is 311 g/mol. The minimum absolute atomic E-state index is 0.0411. The standard InChI is InChI=1S/C15H13N5OS/c16-7-11-13(8-17)19(10-18-11)9-15(21)20-5-1-3-12(20)14-4-2-6-22-14/h2,4,6,10,12H,1,3,5,9H2/t12-/m0/s1. The third-order valence-electron chi connectivity index (χ3n) is 3.80. The second-order valence-corrected chi connectivity index (χ2v) is 6.03. The number of amides is 1. The molecule has 1 aliphatic heterocycles. The zero-order valence-electron chi connectivity index (χ0n) is 11.8. The van der Waals surface area contributed by atoms with Crippen LogP contribution in [0.1, 0.15) is 35.1 Å². The number of nitriles is 2. The number of hydrogen-bond acceptors (Lipinski definition) is 5. The molecule has 1 atom stereocenters. The molecule has 0 saturated carbocycles. The normalized spacial score (nSPS) is 17.2. The molecule has 0 N–H and O–H groups in total. The summed E-state index contributed by atoms with van der Waals surface area (Å²) in [5.74, 6) is -0.0470. The van der Waals surface area contributed by atoms with E-state index < -0.39 is 0 Å². The SMILES string of the molecule is N#Cc1ncn(CC(=O)N2CCC[C@H]2c2cccs2)c1C#N. The van der Waals surface area contributed by atoms with Gasteiger partial charge >= 0.3 is 0 Å². The van der Waals surface area contributed by atoms with E-state index in [9.17, 15) is 4.79 Å². The van der Waals surface area contributed by atoms with Gasteiger partial charge in [0.2, 0.25) is 5.91 Å². The molecule has 110 valence electrons. The molecule has 3 rings (SSSR count). The lowest BCUT2D eigenvalue weighted by Gasteiger charge is -2.24. The first-order valence-electron chi connectivity index (χ1n) is 6.92. The van der Waals surface area contributed by atoms with Crippen LogP contribution in [0.3, 0.4) is 0 Å². The van der Waals surface area contributed by atoms with E-state index in [1.54, 1.807) is 11.3 Å². The molecule has 2 aromatic heterocycles. The van der Waals surface area contributed by atoms with Crippen LogP contribution in [0.15, 0.2) is 23.8 Å². The summed E-state index contributed by atoms with van der Waals surface area (Å²) in [6, 6.07) is 7.96. The molecule has 0 radical (unpaired) electrons. The van der Waals surface area contributed by atoms with E-state index in [0.717, 1.165) is 19.4 Å². The lowest BCUT2D eigenvalue weighted by molar-refractivity contribution is -0.132. The van der Waals surface area contributed by atoms with Crippen LogP contribution in [-0.2, 0) is 11.3 Å². The molecule has 22 heavy (non-hydrogen) atoms. The summed E-state index contributed by atoms with van der Waals surface area (Å²) in [5.41, 5.74) is 0.203. The lowest BCUT2D eigenvalue weighted by Crippen LogP contribution is -2.33. The van der Waals surface area contributed by atoms with Gasteiger partial charge in [0.05, 0.1) is 12.4 Å². The second-order valence-electron chi connectivity index (χ2n) is 5.05. The molecule has 1 amide bonds. The highest BCUT2D eigenvalue weighted by molar-refractivity contribution is 7.10. The fourth-order valence-electron chi connectivity index (χ4n) is 2.78. The Bertz CT molecular complexity index is 765. The number of rotatable bonds is 3. The van der Waals surface area contributed by atoms with E-state index in [4.69, 9.17) is 10.5 Å². The Morgan fingerprint density at radius 3 is 3.00 bits per heavy atom. The Balaban J connectivity index is 1.79. The summed E-state index contributed by atoms with van der Waals surface area (Å²) < 4.78 is 1.45. The molecule has 7 heteroatoms. The van der Waals surface area contributed by atoms with Crippen molar-refractivity contribution in [1.29, 1.82) is 10.5 Å². The first-order valence-corrected chi connectivity index (χ1v) is 7.80. The van der Waals surface area contributed by atoms with Crippen LogP contribution >= 0.6 is 11.3 Å². The Morgan fingerprint density at radius 2 is 2.32 bits per heavy atom. The fourth-order valence-corrected chi connectivity index (χ4v) is 3.65. The predicted molar refractivity (Wildman–Crippen MR) is 79.7 cm³/mol.